The molecule has 0 aliphatic rings. The maximum Gasteiger partial charge on any atom is 0.242 e. The molecule has 1 unspecified atom stereocenters. The largest absolute Gasteiger partial charge is 0.322 e. The van der Waals surface area contributed by atoms with Gasteiger partial charge in [-0.25, -0.2) is 12.8 Å². The van der Waals surface area contributed by atoms with Crippen LogP contribution in [-0.4, -0.2) is 20.4 Å². The molecular formula is C17H19FN2O3S. The first-order valence-corrected chi connectivity index (χ1v) is 8.84. The second-order valence-electron chi connectivity index (χ2n) is 5.58. The third kappa shape index (κ3) is 4.18. The first kappa shape index (κ1) is 18.1. The third-order valence-corrected chi connectivity index (χ3v) is 5.18. The van der Waals surface area contributed by atoms with Gasteiger partial charge in [-0.3, -0.25) is 4.79 Å². The van der Waals surface area contributed by atoms with Gasteiger partial charge in [0.1, 0.15) is 5.82 Å². The van der Waals surface area contributed by atoms with Crippen LogP contribution >= 0.6 is 0 Å². The van der Waals surface area contributed by atoms with Gasteiger partial charge < -0.3 is 5.32 Å². The summed E-state index contributed by atoms with van der Waals surface area (Å²) in [5, 5.41) is 2.37. The molecule has 0 radical (unpaired) electrons. The third-order valence-electron chi connectivity index (χ3n) is 3.48. The predicted molar refractivity (Wildman–Crippen MR) is 90.7 cm³/mol. The van der Waals surface area contributed by atoms with Crippen molar-refractivity contribution in [2.45, 2.75) is 31.7 Å². The monoisotopic (exact) mass is 350 g/mol. The van der Waals surface area contributed by atoms with E-state index in [2.05, 4.69) is 10.0 Å². The van der Waals surface area contributed by atoms with Crippen molar-refractivity contribution in [1.82, 2.24) is 4.72 Å². The van der Waals surface area contributed by atoms with Gasteiger partial charge in [0, 0.05) is 0 Å². The van der Waals surface area contributed by atoms with E-state index in [1.54, 1.807) is 25.1 Å². The maximum atomic E-state index is 13.6. The van der Waals surface area contributed by atoms with E-state index >= 15 is 0 Å². The Balaban J connectivity index is 2.14. The number of benzene rings is 2. The fourth-order valence-electron chi connectivity index (χ4n) is 2.25. The van der Waals surface area contributed by atoms with Crippen molar-refractivity contribution in [1.29, 1.82) is 0 Å². The molecule has 2 aromatic carbocycles. The summed E-state index contributed by atoms with van der Waals surface area (Å²) in [4.78, 5) is 12.2. The van der Waals surface area contributed by atoms with Crippen molar-refractivity contribution in [3.05, 3.63) is 59.4 Å². The van der Waals surface area contributed by atoms with Gasteiger partial charge in [-0.15, -0.1) is 0 Å². The highest BCUT2D eigenvalue weighted by molar-refractivity contribution is 7.89. The van der Waals surface area contributed by atoms with Crippen LogP contribution in [0.3, 0.4) is 0 Å². The molecule has 0 spiro atoms. The Morgan fingerprint density at radius 3 is 2.42 bits per heavy atom. The highest BCUT2D eigenvalue weighted by Gasteiger charge is 2.23. The molecule has 2 N–H and O–H groups in total. The standard InChI is InChI=1S/C17H19FN2O3S/c1-11-8-9-16(12(2)10-11)24(22,23)20-13(3)17(21)19-15-7-5-4-6-14(15)18/h4-10,13,20H,1-3H3,(H,19,21). The quantitative estimate of drug-likeness (QED) is 0.871. The average Bonchev–Trinajstić information content (AvgIpc) is 2.48. The van der Waals surface area contributed by atoms with Gasteiger partial charge in [-0.05, 0) is 44.5 Å². The molecule has 128 valence electrons. The van der Waals surface area contributed by atoms with E-state index in [1.807, 2.05) is 6.92 Å². The lowest BCUT2D eigenvalue weighted by molar-refractivity contribution is -0.117. The van der Waals surface area contributed by atoms with E-state index in [1.165, 1.54) is 31.2 Å². The van der Waals surface area contributed by atoms with E-state index in [-0.39, 0.29) is 10.6 Å². The highest BCUT2D eigenvalue weighted by Crippen LogP contribution is 2.17. The van der Waals surface area contributed by atoms with Gasteiger partial charge in [0.2, 0.25) is 15.9 Å². The lowest BCUT2D eigenvalue weighted by Crippen LogP contribution is -2.41. The van der Waals surface area contributed by atoms with Gasteiger partial charge in [0.05, 0.1) is 16.6 Å². The summed E-state index contributed by atoms with van der Waals surface area (Å²) in [6, 6.07) is 9.55. The fourth-order valence-corrected chi connectivity index (χ4v) is 3.68. The Kier molecular flexibility index (Phi) is 5.36. The summed E-state index contributed by atoms with van der Waals surface area (Å²) in [5.74, 6) is -1.23. The number of anilines is 1. The Morgan fingerprint density at radius 1 is 1.12 bits per heavy atom. The SMILES string of the molecule is Cc1ccc(S(=O)(=O)NC(C)C(=O)Nc2ccccc2F)c(C)c1. The molecule has 1 atom stereocenters. The molecule has 0 saturated heterocycles. The summed E-state index contributed by atoms with van der Waals surface area (Å²) in [5.41, 5.74) is 1.53. The van der Waals surface area contributed by atoms with Crippen LogP contribution in [0.15, 0.2) is 47.4 Å². The second-order valence-corrected chi connectivity index (χ2v) is 7.26. The summed E-state index contributed by atoms with van der Waals surface area (Å²) in [6.45, 7) is 4.95. The van der Waals surface area contributed by atoms with E-state index in [9.17, 15) is 17.6 Å². The number of rotatable bonds is 5. The Labute approximate surface area is 141 Å². The van der Waals surface area contributed by atoms with Crippen LogP contribution in [-0.2, 0) is 14.8 Å². The molecule has 2 aromatic rings. The normalized spacial score (nSPS) is 12.7. The molecule has 2 rings (SSSR count). The molecule has 0 aliphatic heterocycles. The Hall–Kier alpha value is -2.25. The van der Waals surface area contributed by atoms with Crippen molar-refractivity contribution in [2.24, 2.45) is 0 Å². The summed E-state index contributed by atoms with van der Waals surface area (Å²) in [6.07, 6.45) is 0. The molecule has 5 nitrogen and oxygen atoms in total. The van der Waals surface area contributed by atoms with Gasteiger partial charge in [0.25, 0.3) is 0 Å². The topological polar surface area (TPSA) is 75.3 Å². The first-order valence-electron chi connectivity index (χ1n) is 7.35. The number of carbonyl (C=O) groups is 1. The van der Waals surface area contributed by atoms with Gasteiger partial charge in [0.15, 0.2) is 0 Å². The molecule has 0 aliphatic carbocycles. The second kappa shape index (κ2) is 7.11. The van der Waals surface area contributed by atoms with Gasteiger partial charge >= 0.3 is 0 Å². The minimum absolute atomic E-state index is 0.0000596. The Bertz CT molecular complexity index is 866. The lowest BCUT2D eigenvalue weighted by Gasteiger charge is -2.16. The first-order chi connectivity index (χ1) is 11.2. The number of hydrogen-bond donors (Lipinski definition) is 2. The minimum atomic E-state index is -3.86. The zero-order valence-electron chi connectivity index (χ0n) is 13.6. The Morgan fingerprint density at radius 2 is 1.79 bits per heavy atom. The zero-order valence-corrected chi connectivity index (χ0v) is 14.4. The maximum absolute atomic E-state index is 13.6. The summed E-state index contributed by atoms with van der Waals surface area (Å²) in [7, 11) is -3.86. The number of carbonyl (C=O) groups excluding carboxylic acids is 1. The lowest BCUT2D eigenvalue weighted by atomic mass is 10.2. The van der Waals surface area contributed by atoms with Crippen molar-refractivity contribution >= 4 is 21.6 Å². The minimum Gasteiger partial charge on any atom is -0.322 e. The van der Waals surface area contributed by atoms with Crippen molar-refractivity contribution in [3.8, 4) is 0 Å². The molecular weight excluding hydrogens is 331 g/mol. The number of hydrogen-bond acceptors (Lipinski definition) is 3. The molecule has 0 heterocycles. The average molecular weight is 350 g/mol. The van der Waals surface area contributed by atoms with E-state index in [0.717, 1.165) is 5.56 Å². The fraction of sp³-hybridized carbons (Fsp3) is 0.235. The van der Waals surface area contributed by atoms with Gasteiger partial charge in [-0.1, -0.05) is 29.8 Å². The van der Waals surface area contributed by atoms with Crippen LogP contribution in [0.2, 0.25) is 0 Å². The van der Waals surface area contributed by atoms with Crippen LogP contribution in [0.4, 0.5) is 10.1 Å². The van der Waals surface area contributed by atoms with E-state index in [0.29, 0.717) is 5.56 Å². The van der Waals surface area contributed by atoms with E-state index in [4.69, 9.17) is 0 Å². The molecule has 0 saturated carbocycles. The van der Waals surface area contributed by atoms with Crippen molar-refractivity contribution in [2.75, 3.05) is 5.32 Å². The van der Waals surface area contributed by atoms with Gasteiger partial charge in [-0.2, -0.15) is 4.72 Å². The number of halogens is 1. The molecule has 24 heavy (non-hydrogen) atoms. The van der Waals surface area contributed by atoms with Crippen LogP contribution in [0.5, 0.6) is 0 Å². The molecule has 0 bridgehead atoms. The number of nitrogens with one attached hydrogen (secondary N) is 2. The predicted octanol–water partition coefficient (Wildman–Crippen LogP) is 2.75. The van der Waals surface area contributed by atoms with Crippen LogP contribution < -0.4 is 10.0 Å². The van der Waals surface area contributed by atoms with Crippen LogP contribution in [0, 0.1) is 19.7 Å². The highest BCUT2D eigenvalue weighted by atomic mass is 32.2. The number of para-hydroxylation sites is 1. The summed E-state index contributed by atoms with van der Waals surface area (Å²) >= 11 is 0. The molecule has 0 fully saturated rings. The smallest absolute Gasteiger partial charge is 0.242 e. The molecule has 7 heteroatoms. The van der Waals surface area contributed by atoms with Crippen molar-refractivity contribution in [3.63, 3.8) is 0 Å². The number of aryl methyl sites for hydroxylation is 2. The van der Waals surface area contributed by atoms with Crippen LogP contribution in [0.1, 0.15) is 18.1 Å². The van der Waals surface area contributed by atoms with Crippen molar-refractivity contribution < 1.29 is 17.6 Å². The van der Waals surface area contributed by atoms with E-state index < -0.39 is 27.8 Å². The zero-order chi connectivity index (χ0) is 17.9. The van der Waals surface area contributed by atoms with Crippen LogP contribution in [0.25, 0.3) is 0 Å². The number of amides is 1. The molecule has 0 aromatic heterocycles. The molecule has 1 amide bonds. The summed E-state index contributed by atoms with van der Waals surface area (Å²) < 4.78 is 40.7. The number of sulfonamides is 1.